The van der Waals surface area contributed by atoms with E-state index in [0.29, 0.717) is 11.5 Å². The molecule has 2 unspecified atom stereocenters. The van der Waals surface area contributed by atoms with Gasteiger partial charge in [0.2, 0.25) is 5.92 Å². The summed E-state index contributed by atoms with van der Waals surface area (Å²) in [5, 5.41) is 9.57. The van der Waals surface area contributed by atoms with E-state index in [9.17, 15) is 13.9 Å². The molecule has 12 heavy (non-hydrogen) atoms. The van der Waals surface area contributed by atoms with Crippen molar-refractivity contribution in [2.45, 2.75) is 24.9 Å². The molecule has 0 aromatic rings. The van der Waals surface area contributed by atoms with Crippen molar-refractivity contribution in [3.05, 3.63) is 0 Å². The van der Waals surface area contributed by atoms with Crippen molar-refractivity contribution in [1.29, 1.82) is 0 Å². The van der Waals surface area contributed by atoms with Crippen LogP contribution in [-0.2, 0) is 0 Å². The second-order valence-corrected chi connectivity index (χ2v) is 4.89. The lowest BCUT2D eigenvalue weighted by molar-refractivity contribution is -0.113. The highest BCUT2D eigenvalue weighted by Gasteiger charge is 2.48. The second-order valence-electron chi connectivity index (χ2n) is 3.81. The summed E-state index contributed by atoms with van der Waals surface area (Å²) in [5.41, 5.74) is 0. The van der Waals surface area contributed by atoms with E-state index in [0.717, 1.165) is 0 Å². The quantitative estimate of drug-likeness (QED) is 0.634. The Labute approximate surface area is 74.5 Å². The van der Waals surface area contributed by atoms with Gasteiger partial charge in [0.25, 0.3) is 0 Å². The Bertz CT molecular complexity index is 170. The van der Waals surface area contributed by atoms with Crippen LogP contribution in [0.15, 0.2) is 0 Å². The fourth-order valence-electron chi connectivity index (χ4n) is 2.16. The van der Waals surface area contributed by atoms with Gasteiger partial charge in [-0.05, 0) is 23.3 Å². The van der Waals surface area contributed by atoms with Gasteiger partial charge in [0.15, 0.2) is 0 Å². The van der Waals surface area contributed by atoms with Crippen molar-refractivity contribution < 1.29 is 13.9 Å². The minimum Gasteiger partial charge on any atom is -0.392 e. The molecule has 4 heteroatoms. The summed E-state index contributed by atoms with van der Waals surface area (Å²) in [5.74, 6) is -1.45. The zero-order valence-corrected chi connectivity index (χ0v) is 7.49. The molecular formula is C8H12F2OS. The Balaban J connectivity index is 2.12. The van der Waals surface area contributed by atoms with Crippen LogP contribution in [0.3, 0.4) is 0 Å². The first-order chi connectivity index (χ1) is 5.58. The molecule has 2 aliphatic rings. The third-order valence-corrected chi connectivity index (χ3v) is 4.08. The van der Waals surface area contributed by atoms with Crippen molar-refractivity contribution in [2.75, 3.05) is 11.5 Å². The molecule has 0 radical (unpaired) electrons. The highest BCUT2D eigenvalue weighted by molar-refractivity contribution is 7.99. The van der Waals surface area contributed by atoms with E-state index in [1.165, 1.54) is 0 Å². The van der Waals surface area contributed by atoms with Gasteiger partial charge in [0.05, 0.1) is 6.10 Å². The number of aliphatic hydroxyl groups excluding tert-OH is 1. The molecule has 1 aliphatic heterocycles. The van der Waals surface area contributed by atoms with Crippen LogP contribution in [0.4, 0.5) is 8.78 Å². The number of thioether (sulfide) groups is 1. The molecule has 2 atom stereocenters. The maximum atomic E-state index is 13.0. The Morgan fingerprint density at radius 1 is 1.17 bits per heavy atom. The van der Waals surface area contributed by atoms with Crippen molar-refractivity contribution in [3.63, 3.8) is 0 Å². The highest BCUT2D eigenvalue weighted by Crippen LogP contribution is 2.45. The smallest absolute Gasteiger partial charge is 0.248 e. The number of halogens is 2. The van der Waals surface area contributed by atoms with Gasteiger partial charge in [0.1, 0.15) is 0 Å². The van der Waals surface area contributed by atoms with E-state index in [-0.39, 0.29) is 24.7 Å². The van der Waals surface area contributed by atoms with Crippen LogP contribution in [0.25, 0.3) is 0 Å². The lowest BCUT2D eigenvalue weighted by Gasteiger charge is -2.42. The number of alkyl halides is 2. The first-order valence-electron chi connectivity index (χ1n) is 4.22. The molecule has 0 spiro atoms. The Kier molecular flexibility index (Phi) is 2.07. The molecule has 1 aliphatic carbocycles. The van der Waals surface area contributed by atoms with Gasteiger partial charge in [-0.1, -0.05) is 0 Å². The summed E-state index contributed by atoms with van der Waals surface area (Å²) < 4.78 is 26.0. The average molecular weight is 194 g/mol. The van der Waals surface area contributed by atoms with Gasteiger partial charge >= 0.3 is 0 Å². The second kappa shape index (κ2) is 2.84. The third-order valence-electron chi connectivity index (χ3n) is 2.75. The van der Waals surface area contributed by atoms with E-state index < -0.39 is 12.0 Å². The third kappa shape index (κ3) is 1.46. The van der Waals surface area contributed by atoms with Crippen LogP contribution in [0.1, 0.15) is 12.8 Å². The van der Waals surface area contributed by atoms with Gasteiger partial charge in [-0.3, -0.25) is 0 Å². The van der Waals surface area contributed by atoms with Crippen LogP contribution >= 0.6 is 11.8 Å². The molecule has 0 aromatic heterocycles. The van der Waals surface area contributed by atoms with E-state index in [2.05, 4.69) is 0 Å². The van der Waals surface area contributed by atoms with Crippen LogP contribution in [0, 0.1) is 11.8 Å². The van der Waals surface area contributed by atoms with E-state index in [4.69, 9.17) is 0 Å². The largest absolute Gasteiger partial charge is 0.392 e. The summed E-state index contributed by atoms with van der Waals surface area (Å²) in [7, 11) is 0. The molecule has 0 aromatic carbocycles. The molecule has 1 N–H and O–H groups in total. The first kappa shape index (κ1) is 8.75. The van der Waals surface area contributed by atoms with Gasteiger partial charge in [-0.2, -0.15) is 11.8 Å². The number of hydrogen-bond donors (Lipinski definition) is 1. The van der Waals surface area contributed by atoms with Crippen molar-refractivity contribution in [3.8, 4) is 0 Å². The fourth-order valence-corrected chi connectivity index (χ4v) is 3.53. The fraction of sp³-hybridized carbons (Fsp3) is 1.00. The Morgan fingerprint density at radius 3 is 2.17 bits per heavy atom. The molecule has 1 saturated heterocycles. The predicted octanol–water partition coefficient (Wildman–Crippen LogP) is 1.76. The van der Waals surface area contributed by atoms with Gasteiger partial charge < -0.3 is 5.11 Å². The van der Waals surface area contributed by atoms with E-state index >= 15 is 0 Å². The molecule has 70 valence electrons. The maximum absolute atomic E-state index is 13.0. The number of aliphatic hydroxyl groups is 1. The molecule has 1 heterocycles. The Hall–Kier alpha value is 0.170. The van der Waals surface area contributed by atoms with Crippen LogP contribution in [0.5, 0.6) is 0 Å². The van der Waals surface area contributed by atoms with Crippen molar-refractivity contribution in [2.24, 2.45) is 11.8 Å². The van der Waals surface area contributed by atoms with Gasteiger partial charge in [-0.25, -0.2) is 8.78 Å². The summed E-state index contributed by atoms with van der Waals surface area (Å²) >= 11 is 1.70. The summed E-state index contributed by atoms with van der Waals surface area (Å²) in [4.78, 5) is 0. The van der Waals surface area contributed by atoms with Gasteiger partial charge in [-0.15, -0.1) is 0 Å². The molecule has 2 rings (SSSR count). The summed E-state index contributed by atoms with van der Waals surface area (Å²) in [6.45, 7) is 0. The average Bonchev–Trinajstić information content (AvgIpc) is 1.92. The van der Waals surface area contributed by atoms with E-state index in [1.807, 2.05) is 0 Å². The molecule has 1 nitrogen and oxygen atoms in total. The zero-order valence-electron chi connectivity index (χ0n) is 6.67. The molecule has 2 bridgehead atoms. The highest BCUT2D eigenvalue weighted by atomic mass is 32.2. The lowest BCUT2D eigenvalue weighted by Crippen LogP contribution is -2.47. The summed E-state index contributed by atoms with van der Waals surface area (Å²) in [6, 6.07) is 0. The normalized spacial score (nSPS) is 45.8. The molecular weight excluding hydrogens is 182 g/mol. The topological polar surface area (TPSA) is 20.2 Å². The first-order valence-corrected chi connectivity index (χ1v) is 5.37. The monoisotopic (exact) mass is 194 g/mol. The van der Waals surface area contributed by atoms with Crippen molar-refractivity contribution >= 4 is 11.8 Å². The van der Waals surface area contributed by atoms with Gasteiger partial charge in [0, 0.05) is 12.8 Å². The van der Waals surface area contributed by atoms with E-state index in [1.54, 1.807) is 11.8 Å². The molecule has 1 saturated carbocycles. The standard InChI is InChI=1S/C8H12F2OS/c9-8(10)1-5-3-12-4-6(2-8)7(5)11/h5-7,11H,1-4H2. The minimum atomic E-state index is -2.52. The summed E-state index contributed by atoms with van der Waals surface area (Å²) in [6.07, 6.45) is -0.694. The zero-order chi connectivity index (χ0) is 8.77. The van der Waals surface area contributed by atoms with Crippen LogP contribution in [-0.4, -0.2) is 28.6 Å². The van der Waals surface area contributed by atoms with Crippen molar-refractivity contribution in [1.82, 2.24) is 0 Å². The molecule has 0 amide bonds. The molecule has 2 fully saturated rings. The SMILES string of the molecule is OC1C2CSCC1CC(F)(F)C2. The lowest BCUT2D eigenvalue weighted by atomic mass is 9.78. The number of fused-ring (bicyclic) bond motifs is 2. The van der Waals surface area contributed by atoms with Crippen LogP contribution in [0.2, 0.25) is 0 Å². The number of hydrogen-bond acceptors (Lipinski definition) is 2. The predicted molar refractivity (Wildman–Crippen MR) is 44.5 cm³/mol. The number of rotatable bonds is 0. The maximum Gasteiger partial charge on any atom is 0.248 e. The van der Waals surface area contributed by atoms with Crippen LogP contribution < -0.4 is 0 Å². The minimum absolute atomic E-state index is 0.113. The Morgan fingerprint density at radius 2 is 1.67 bits per heavy atom.